The predicted molar refractivity (Wildman–Crippen MR) is 261 cm³/mol. The summed E-state index contributed by atoms with van der Waals surface area (Å²) in [5, 5.41) is 8.41. The van der Waals surface area contributed by atoms with Crippen molar-refractivity contribution in [3.05, 3.63) is 162 Å². The highest BCUT2D eigenvalue weighted by molar-refractivity contribution is 6.05. The molecular formula is C49H55N15O6. The first-order valence-electron chi connectivity index (χ1n) is 22.3. The van der Waals surface area contributed by atoms with Gasteiger partial charge in [-0.25, -0.2) is 15.0 Å². The number of rotatable bonds is 24. The van der Waals surface area contributed by atoms with Gasteiger partial charge in [-0.15, -0.1) is 0 Å². The second kappa shape index (κ2) is 24.9. The molecule has 6 atom stereocenters. The molecule has 15 N–H and O–H groups in total. The number of hydrogen-bond donors (Lipinski definition) is 9. The molecule has 3 heterocycles. The number of nitrogens with two attached hydrogens (primary N) is 6. The molecule has 21 nitrogen and oxygen atoms in total. The fraction of sp³-hybridized carbons (Fsp3) is 0.265. The largest absolute Gasteiger partial charge is 0.330 e. The lowest BCUT2D eigenvalue weighted by Crippen LogP contribution is -2.46. The summed E-state index contributed by atoms with van der Waals surface area (Å²) in [4.78, 5) is 104. The number of carbonyl (C=O) groups is 6. The van der Waals surface area contributed by atoms with Crippen molar-refractivity contribution in [1.82, 2.24) is 29.9 Å². The van der Waals surface area contributed by atoms with Gasteiger partial charge < -0.3 is 50.4 Å². The minimum atomic E-state index is -1.25. The molecule has 6 rings (SSSR count). The van der Waals surface area contributed by atoms with Gasteiger partial charge in [0.25, 0.3) is 0 Å². The molecule has 70 heavy (non-hydrogen) atoms. The van der Waals surface area contributed by atoms with Crippen LogP contribution in [0.25, 0.3) is 0 Å². The Morgan fingerprint density at radius 2 is 0.657 bits per heavy atom. The van der Waals surface area contributed by atoms with Gasteiger partial charge in [0.05, 0.1) is 36.7 Å². The highest BCUT2D eigenvalue weighted by Crippen LogP contribution is 2.34. The van der Waals surface area contributed by atoms with Crippen molar-refractivity contribution < 1.29 is 28.8 Å². The van der Waals surface area contributed by atoms with Crippen LogP contribution in [0.2, 0.25) is 0 Å². The van der Waals surface area contributed by atoms with Crippen LogP contribution in [-0.2, 0) is 14.4 Å². The van der Waals surface area contributed by atoms with Gasteiger partial charge in [0, 0.05) is 77.9 Å². The van der Waals surface area contributed by atoms with Crippen molar-refractivity contribution in [3.63, 3.8) is 0 Å². The van der Waals surface area contributed by atoms with Crippen LogP contribution < -0.4 is 50.4 Å². The number of ketones is 3. The minimum Gasteiger partial charge on any atom is -0.330 e. The van der Waals surface area contributed by atoms with Crippen LogP contribution in [0, 0.1) is 17.8 Å². The Bertz CT molecular complexity index is 2400. The standard InChI is InChI=1S/C49H55N15O6/c50-16-13-34(44(65)37-25-56-19-22-59-37)41(53)47(68)62-31-7-1-28(2-8-31)40(29-3-9-32(10-4-29)63-48(69)42(54)35(14-17-51)45(66)38-26-57-20-23-60-38)30-5-11-33(12-6-30)64-49(70)43(55)36(15-18-52)46(67)39-27-58-21-24-61-39/h1-12,19-27,34-36,40-43H,13-18,50-55H2,(H,62,68)(H,63,69)(H,64,70)/t34?,35?,36?,40?,41-,42-,43-/m0/s1. The van der Waals surface area contributed by atoms with Crippen LogP contribution in [0.5, 0.6) is 0 Å². The normalized spacial score (nSPS) is 14.1. The molecular weight excluding hydrogens is 895 g/mol. The summed E-state index contributed by atoms with van der Waals surface area (Å²) >= 11 is 0. The van der Waals surface area contributed by atoms with Gasteiger partial charge >= 0.3 is 0 Å². The van der Waals surface area contributed by atoms with Crippen molar-refractivity contribution in [2.24, 2.45) is 52.2 Å². The first-order valence-corrected chi connectivity index (χ1v) is 22.3. The van der Waals surface area contributed by atoms with Gasteiger partial charge in [-0.1, -0.05) is 36.4 Å². The average Bonchev–Trinajstić information content (AvgIpc) is 3.39. The van der Waals surface area contributed by atoms with Crippen LogP contribution in [0.3, 0.4) is 0 Å². The molecule has 0 spiro atoms. The van der Waals surface area contributed by atoms with Crippen molar-refractivity contribution in [2.75, 3.05) is 35.6 Å². The van der Waals surface area contributed by atoms with Gasteiger partial charge in [-0.3, -0.25) is 43.7 Å². The Labute approximate surface area is 403 Å². The zero-order valence-corrected chi connectivity index (χ0v) is 38.0. The third-order valence-corrected chi connectivity index (χ3v) is 11.6. The fourth-order valence-electron chi connectivity index (χ4n) is 7.89. The smallest absolute Gasteiger partial charge is 0.242 e. The molecule has 362 valence electrons. The molecule has 0 aliphatic rings. The van der Waals surface area contributed by atoms with E-state index >= 15 is 0 Å². The third kappa shape index (κ3) is 13.0. The SMILES string of the molecule is NCCC(C(=O)c1cnccn1)[C@H](N)C(=O)Nc1ccc(C(c2ccc(NC(=O)[C@@H](N)C(CCN)C(=O)c3cnccn3)cc2)c2ccc(NC(=O)[C@@H](N)C(CCN)C(=O)c3cnccn3)cc2)cc1. The zero-order chi connectivity index (χ0) is 50.2. The molecule has 0 aliphatic carbocycles. The Morgan fingerprint density at radius 1 is 0.400 bits per heavy atom. The number of carbonyl (C=O) groups excluding carboxylic acids is 6. The summed E-state index contributed by atoms with van der Waals surface area (Å²) in [7, 11) is 0. The summed E-state index contributed by atoms with van der Waals surface area (Å²) in [6.45, 7) is 0.326. The van der Waals surface area contributed by atoms with E-state index in [9.17, 15) is 28.8 Å². The molecule has 6 aromatic rings. The van der Waals surface area contributed by atoms with Gasteiger partial charge in [-0.2, -0.15) is 0 Å². The topological polar surface area (TPSA) is 372 Å². The second-order valence-corrected chi connectivity index (χ2v) is 16.3. The molecule has 0 fully saturated rings. The third-order valence-electron chi connectivity index (χ3n) is 11.6. The predicted octanol–water partition coefficient (Wildman–Crippen LogP) is 1.58. The van der Waals surface area contributed by atoms with E-state index in [1.807, 2.05) is 36.4 Å². The average molecular weight is 950 g/mol. The Balaban J connectivity index is 1.23. The second-order valence-electron chi connectivity index (χ2n) is 16.3. The Hall–Kier alpha value is -7.92. The molecule has 21 heteroatoms. The van der Waals surface area contributed by atoms with Gasteiger partial charge in [0.2, 0.25) is 17.7 Å². The van der Waals surface area contributed by atoms with Gasteiger partial charge in [0.15, 0.2) is 17.3 Å². The van der Waals surface area contributed by atoms with Crippen molar-refractivity contribution in [3.8, 4) is 0 Å². The maximum atomic E-state index is 13.5. The lowest BCUT2D eigenvalue weighted by molar-refractivity contribution is -0.119. The molecule has 3 amide bonds. The van der Waals surface area contributed by atoms with Crippen molar-refractivity contribution in [1.29, 1.82) is 0 Å². The van der Waals surface area contributed by atoms with E-state index in [1.54, 1.807) is 36.4 Å². The van der Waals surface area contributed by atoms with E-state index in [-0.39, 0.29) is 56.0 Å². The molecule has 3 aromatic carbocycles. The van der Waals surface area contributed by atoms with Gasteiger partial charge in [-0.05, 0) is 92.0 Å². The molecule has 0 aliphatic heterocycles. The summed E-state index contributed by atoms with van der Waals surface area (Å²) in [5.74, 6) is -6.46. The van der Waals surface area contributed by atoms with Crippen LogP contribution in [-0.4, -0.2) is 103 Å². The number of hydrogen-bond acceptors (Lipinski definition) is 18. The number of aromatic nitrogens is 6. The number of amides is 3. The van der Waals surface area contributed by atoms with E-state index in [2.05, 4.69) is 45.9 Å². The molecule has 0 bridgehead atoms. The highest BCUT2D eigenvalue weighted by atomic mass is 16.2. The monoisotopic (exact) mass is 949 g/mol. The maximum Gasteiger partial charge on any atom is 0.242 e. The molecule has 3 aromatic heterocycles. The Morgan fingerprint density at radius 3 is 0.871 bits per heavy atom. The van der Waals surface area contributed by atoms with E-state index < -0.39 is 76.9 Å². The van der Waals surface area contributed by atoms with E-state index in [4.69, 9.17) is 34.4 Å². The summed E-state index contributed by atoms with van der Waals surface area (Å²) in [5.41, 5.74) is 40.2. The first-order chi connectivity index (χ1) is 33.8. The first kappa shape index (κ1) is 51.5. The van der Waals surface area contributed by atoms with E-state index in [1.165, 1.54) is 55.8 Å². The lowest BCUT2D eigenvalue weighted by atomic mass is 9.85. The quantitative estimate of drug-likeness (QED) is 0.0307. The molecule has 3 unspecified atom stereocenters. The van der Waals surface area contributed by atoms with E-state index in [0.29, 0.717) is 17.1 Å². The summed E-state index contributed by atoms with van der Waals surface area (Å²) < 4.78 is 0. The lowest BCUT2D eigenvalue weighted by Gasteiger charge is -2.23. The summed E-state index contributed by atoms with van der Waals surface area (Å²) in [6, 6.07) is 17.3. The number of nitrogens with one attached hydrogen (secondary N) is 3. The van der Waals surface area contributed by atoms with Gasteiger partial charge in [0.1, 0.15) is 17.1 Å². The van der Waals surface area contributed by atoms with E-state index in [0.717, 1.165) is 16.7 Å². The number of benzene rings is 3. The minimum absolute atomic E-state index is 0.0713. The molecule has 0 radical (unpaired) electrons. The van der Waals surface area contributed by atoms with Crippen LogP contribution >= 0.6 is 0 Å². The fourth-order valence-corrected chi connectivity index (χ4v) is 7.89. The maximum absolute atomic E-state index is 13.5. The number of anilines is 3. The number of Topliss-reactive ketones (excluding diaryl/α,β-unsaturated/α-hetero) is 3. The van der Waals surface area contributed by atoms with Crippen molar-refractivity contribution in [2.45, 2.75) is 43.3 Å². The Kier molecular flexibility index (Phi) is 18.3. The molecule has 0 saturated heterocycles. The molecule has 0 saturated carbocycles. The van der Waals surface area contributed by atoms with Crippen LogP contribution in [0.15, 0.2) is 129 Å². The summed E-state index contributed by atoms with van der Waals surface area (Å²) in [6.07, 6.45) is 12.8. The van der Waals surface area contributed by atoms with Crippen LogP contribution in [0.1, 0.15) is 73.3 Å². The van der Waals surface area contributed by atoms with Crippen LogP contribution in [0.4, 0.5) is 17.1 Å². The zero-order valence-electron chi connectivity index (χ0n) is 38.0. The number of nitrogens with zero attached hydrogens (tertiary/aromatic N) is 6. The highest BCUT2D eigenvalue weighted by Gasteiger charge is 2.34. The van der Waals surface area contributed by atoms with Crippen molar-refractivity contribution >= 4 is 52.1 Å².